The predicted octanol–water partition coefficient (Wildman–Crippen LogP) is 2.88. The fourth-order valence-corrected chi connectivity index (χ4v) is 4.07. The minimum atomic E-state index is -0.553. The second-order valence-electron chi connectivity index (χ2n) is 8.29. The summed E-state index contributed by atoms with van der Waals surface area (Å²) in [6.07, 6.45) is 4.94. The molecule has 1 aliphatic carbocycles. The van der Waals surface area contributed by atoms with E-state index >= 15 is 0 Å². The van der Waals surface area contributed by atoms with Crippen molar-refractivity contribution in [3.05, 3.63) is 29.3 Å². The van der Waals surface area contributed by atoms with Gasteiger partial charge in [0.2, 0.25) is 11.9 Å². The van der Waals surface area contributed by atoms with E-state index in [4.69, 9.17) is 21.2 Å². The van der Waals surface area contributed by atoms with E-state index in [2.05, 4.69) is 25.8 Å². The van der Waals surface area contributed by atoms with E-state index in [1.54, 1.807) is 6.07 Å². The Bertz CT molecular complexity index is 801. The zero-order valence-corrected chi connectivity index (χ0v) is 16.6. The molecule has 1 heterocycles. The van der Waals surface area contributed by atoms with Gasteiger partial charge in [0.1, 0.15) is 5.66 Å². The molecular formula is C20H29N5O2. The van der Waals surface area contributed by atoms with Crippen molar-refractivity contribution in [2.24, 2.45) is 21.5 Å². The van der Waals surface area contributed by atoms with E-state index in [1.165, 1.54) is 7.11 Å². The van der Waals surface area contributed by atoms with Crippen molar-refractivity contribution in [3.63, 3.8) is 0 Å². The van der Waals surface area contributed by atoms with Gasteiger partial charge in [-0.3, -0.25) is 4.90 Å². The van der Waals surface area contributed by atoms with Gasteiger partial charge in [-0.05, 0) is 48.8 Å². The maximum atomic E-state index is 12.2. The SMILES string of the molecule is COC(=O)c1ccc(C(C)(C)C)c(N2C(N)=NC(N)=NC23CCCCC3)c1. The normalized spacial score (nSPS) is 19.5. The number of guanidine groups is 2. The Morgan fingerprint density at radius 1 is 1.19 bits per heavy atom. The van der Waals surface area contributed by atoms with Crippen LogP contribution in [0.1, 0.15) is 68.8 Å². The quantitative estimate of drug-likeness (QED) is 0.778. The molecule has 7 heteroatoms. The van der Waals surface area contributed by atoms with Crippen LogP contribution in [-0.4, -0.2) is 30.7 Å². The number of rotatable bonds is 2. The molecule has 0 aromatic heterocycles. The lowest BCUT2D eigenvalue weighted by Gasteiger charge is -2.47. The van der Waals surface area contributed by atoms with Crippen molar-refractivity contribution in [1.29, 1.82) is 0 Å². The van der Waals surface area contributed by atoms with Crippen molar-refractivity contribution < 1.29 is 9.53 Å². The summed E-state index contributed by atoms with van der Waals surface area (Å²) < 4.78 is 4.92. The van der Waals surface area contributed by atoms with Gasteiger partial charge in [0, 0.05) is 0 Å². The molecule has 0 unspecified atom stereocenters. The van der Waals surface area contributed by atoms with Crippen molar-refractivity contribution in [2.75, 3.05) is 12.0 Å². The molecule has 146 valence electrons. The van der Waals surface area contributed by atoms with Crippen LogP contribution < -0.4 is 16.4 Å². The van der Waals surface area contributed by atoms with Crippen LogP contribution in [0.5, 0.6) is 0 Å². The number of aliphatic imine (C=N–C) groups is 2. The smallest absolute Gasteiger partial charge is 0.337 e. The summed E-state index contributed by atoms with van der Waals surface area (Å²) in [4.78, 5) is 23.1. The van der Waals surface area contributed by atoms with Gasteiger partial charge in [0.15, 0.2) is 0 Å². The first kappa shape index (κ1) is 19.2. The summed E-state index contributed by atoms with van der Waals surface area (Å²) >= 11 is 0. The van der Waals surface area contributed by atoms with Crippen molar-refractivity contribution >= 4 is 23.6 Å². The number of carbonyl (C=O) groups is 1. The molecule has 0 saturated heterocycles. The molecule has 1 saturated carbocycles. The Kier molecular flexibility index (Phi) is 4.88. The standard InChI is InChI=1S/C20H29N5O2/c1-19(2,3)14-9-8-13(16(26)27-4)12-15(14)25-18(22)23-17(21)24-20(25)10-6-5-7-11-20/h8-9,12H,5-7,10-11H2,1-4H3,(H4,21,22,23,24). The average Bonchev–Trinajstić information content (AvgIpc) is 2.60. The van der Waals surface area contributed by atoms with Crippen LogP contribution in [0.25, 0.3) is 0 Å². The number of hydrogen-bond acceptors (Lipinski definition) is 7. The van der Waals surface area contributed by atoms with Gasteiger partial charge >= 0.3 is 5.97 Å². The topological polar surface area (TPSA) is 106 Å². The van der Waals surface area contributed by atoms with E-state index in [9.17, 15) is 4.79 Å². The lowest BCUT2D eigenvalue weighted by Crippen LogP contribution is -2.58. The summed E-state index contributed by atoms with van der Waals surface area (Å²) in [6, 6.07) is 5.59. The van der Waals surface area contributed by atoms with Gasteiger partial charge < -0.3 is 16.2 Å². The van der Waals surface area contributed by atoms with E-state index < -0.39 is 5.66 Å². The first-order valence-corrected chi connectivity index (χ1v) is 9.40. The van der Waals surface area contributed by atoms with E-state index in [-0.39, 0.29) is 17.3 Å². The lowest BCUT2D eigenvalue weighted by molar-refractivity contribution is 0.0600. The maximum Gasteiger partial charge on any atom is 0.337 e. The molecule has 0 amide bonds. The second kappa shape index (κ2) is 6.87. The number of benzene rings is 1. The van der Waals surface area contributed by atoms with Crippen LogP contribution in [0.15, 0.2) is 28.2 Å². The summed E-state index contributed by atoms with van der Waals surface area (Å²) in [7, 11) is 1.38. The summed E-state index contributed by atoms with van der Waals surface area (Å²) in [5.74, 6) is 0.147. The van der Waals surface area contributed by atoms with Crippen molar-refractivity contribution in [3.8, 4) is 0 Å². The highest BCUT2D eigenvalue weighted by Gasteiger charge is 2.44. The lowest BCUT2D eigenvalue weighted by atomic mass is 9.82. The number of esters is 1. The number of nitrogens with two attached hydrogens (primary N) is 2. The fourth-order valence-electron chi connectivity index (χ4n) is 4.07. The van der Waals surface area contributed by atoms with E-state index in [0.717, 1.165) is 43.4 Å². The summed E-state index contributed by atoms with van der Waals surface area (Å²) in [6.45, 7) is 6.39. The van der Waals surface area contributed by atoms with Gasteiger partial charge in [-0.1, -0.05) is 33.3 Å². The molecule has 27 heavy (non-hydrogen) atoms. The predicted molar refractivity (Wildman–Crippen MR) is 108 cm³/mol. The van der Waals surface area contributed by atoms with Gasteiger partial charge in [0.25, 0.3) is 0 Å². The number of methoxy groups -OCH3 is 1. The molecule has 2 aliphatic rings. The monoisotopic (exact) mass is 371 g/mol. The number of nitrogens with zero attached hydrogens (tertiary/aromatic N) is 3. The highest BCUT2D eigenvalue weighted by Crippen LogP contribution is 2.43. The first-order chi connectivity index (χ1) is 12.7. The van der Waals surface area contributed by atoms with Gasteiger partial charge in [-0.15, -0.1) is 0 Å². The summed E-state index contributed by atoms with van der Waals surface area (Å²) in [5.41, 5.74) is 14.0. The van der Waals surface area contributed by atoms with E-state index in [0.29, 0.717) is 11.5 Å². The fraction of sp³-hybridized carbons (Fsp3) is 0.550. The number of hydrogen-bond donors (Lipinski definition) is 2. The summed E-state index contributed by atoms with van der Waals surface area (Å²) in [5, 5.41) is 0. The maximum absolute atomic E-state index is 12.2. The molecule has 1 aromatic carbocycles. The highest BCUT2D eigenvalue weighted by molar-refractivity contribution is 6.06. The van der Waals surface area contributed by atoms with Crippen molar-refractivity contribution in [1.82, 2.24) is 0 Å². The van der Waals surface area contributed by atoms with E-state index in [1.807, 2.05) is 17.0 Å². The molecule has 1 fully saturated rings. The first-order valence-electron chi connectivity index (χ1n) is 9.40. The Hall–Kier alpha value is -2.57. The minimum Gasteiger partial charge on any atom is -0.465 e. The molecule has 1 spiro atoms. The number of ether oxygens (including phenoxy) is 1. The van der Waals surface area contributed by atoms with Gasteiger partial charge in [0.05, 0.1) is 18.4 Å². The second-order valence-corrected chi connectivity index (χ2v) is 8.29. The van der Waals surface area contributed by atoms with Crippen LogP contribution in [0, 0.1) is 0 Å². The molecule has 4 N–H and O–H groups in total. The molecule has 3 rings (SSSR count). The van der Waals surface area contributed by atoms with Gasteiger partial charge in [-0.25, -0.2) is 9.79 Å². The molecule has 7 nitrogen and oxygen atoms in total. The van der Waals surface area contributed by atoms with Crippen LogP contribution in [0.3, 0.4) is 0 Å². The molecule has 0 atom stereocenters. The Morgan fingerprint density at radius 2 is 1.85 bits per heavy atom. The minimum absolute atomic E-state index is 0.160. The zero-order valence-electron chi connectivity index (χ0n) is 16.6. The largest absolute Gasteiger partial charge is 0.465 e. The molecular weight excluding hydrogens is 342 g/mol. The van der Waals surface area contributed by atoms with Crippen LogP contribution in [0.4, 0.5) is 5.69 Å². The van der Waals surface area contributed by atoms with Crippen LogP contribution in [0.2, 0.25) is 0 Å². The molecule has 0 bridgehead atoms. The molecule has 1 aromatic rings. The van der Waals surface area contributed by atoms with Crippen LogP contribution >= 0.6 is 0 Å². The average molecular weight is 371 g/mol. The Balaban J connectivity index is 2.22. The number of anilines is 1. The highest BCUT2D eigenvalue weighted by atomic mass is 16.5. The number of carbonyl (C=O) groups excluding carboxylic acids is 1. The zero-order chi connectivity index (χ0) is 19.8. The molecule has 1 aliphatic heterocycles. The third kappa shape index (κ3) is 3.50. The Labute approximate surface area is 160 Å². The third-order valence-corrected chi connectivity index (χ3v) is 5.32. The molecule has 0 radical (unpaired) electrons. The van der Waals surface area contributed by atoms with Gasteiger partial charge in [-0.2, -0.15) is 4.99 Å². The Morgan fingerprint density at radius 3 is 2.44 bits per heavy atom. The van der Waals surface area contributed by atoms with Crippen LogP contribution in [-0.2, 0) is 10.2 Å². The van der Waals surface area contributed by atoms with Crippen molar-refractivity contribution in [2.45, 2.75) is 64.0 Å². The third-order valence-electron chi connectivity index (χ3n) is 5.32.